The van der Waals surface area contributed by atoms with Crippen molar-refractivity contribution in [2.24, 2.45) is 5.92 Å². The number of rotatable bonds is 3. The van der Waals surface area contributed by atoms with E-state index in [1.807, 2.05) is 0 Å². The maximum absolute atomic E-state index is 12.2. The predicted octanol–water partition coefficient (Wildman–Crippen LogP) is 1.90. The zero-order valence-electron chi connectivity index (χ0n) is 13.2. The lowest BCUT2D eigenvalue weighted by Gasteiger charge is -2.30. The summed E-state index contributed by atoms with van der Waals surface area (Å²) in [6.07, 6.45) is 2.04. The number of carbonyl (C=O) groups excluding carboxylic acids is 2. The zero-order chi connectivity index (χ0) is 16.1. The lowest BCUT2D eigenvalue weighted by atomic mass is 10.0. The van der Waals surface area contributed by atoms with Gasteiger partial charge in [-0.1, -0.05) is 6.92 Å². The van der Waals surface area contributed by atoms with Gasteiger partial charge in [-0.3, -0.25) is 9.59 Å². The van der Waals surface area contributed by atoms with Gasteiger partial charge in [-0.2, -0.15) is 0 Å². The van der Waals surface area contributed by atoms with Crippen LogP contribution in [0, 0.1) is 5.92 Å². The molecule has 0 radical (unpaired) electrons. The molecule has 120 valence electrons. The number of benzene rings is 1. The van der Waals surface area contributed by atoms with Gasteiger partial charge in [0.15, 0.2) is 11.5 Å². The molecule has 0 spiro atoms. The van der Waals surface area contributed by atoms with Crippen LogP contribution < -0.4 is 14.8 Å². The Kier molecular flexibility index (Phi) is 5.25. The van der Waals surface area contributed by atoms with Crippen LogP contribution in [0.25, 0.3) is 0 Å². The van der Waals surface area contributed by atoms with E-state index in [1.54, 1.807) is 23.1 Å². The Morgan fingerprint density at radius 1 is 1.23 bits per heavy atom. The van der Waals surface area contributed by atoms with E-state index >= 15 is 0 Å². The highest BCUT2D eigenvalue weighted by Crippen LogP contribution is 2.29. The number of hydrogen-bond donors (Lipinski definition) is 1. The van der Waals surface area contributed by atoms with Gasteiger partial charge in [0.05, 0.1) is 14.2 Å². The third kappa shape index (κ3) is 3.69. The highest BCUT2D eigenvalue weighted by atomic mass is 16.5. The summed E-state index contributed by atoms with van der Waals surface area (Å²) in [4.78, 5) is 25.9. The summed E-state index contributed by atoms with van der Waals surface area (Å²) < 4.78 is 10.3. The van der Waals surface area contributed by atoms with Crippen molar-refractivity contribution in [3.8, 4) is 11.5 Å². The van der Waals surface area contributed by atoms with Crippen molar-refractivity contribution in [2.75, 3.05) is 32.6 Å². The van der Waals surface area contributed by atoms with Crippen LogP contribution >= 0.6 is 0 Å². The SMILES string of the molecule is COc1ccc(NC(=O)C(=O)N2CCCC(C)C2)cc1OC. The van der Waals surface area contributed by atoms with E-state index in [1.165, 1.54) is 14.2 Å². The molecule has 0 bridgehead atoms. The van der Waals surface area contributed by atoms with Crippen molar-refractivity contribution in [3.63, 3.8) is 0 Å². The van der Waals surface area contributed by atoms with E-state index in [2.05, 4.69) is 12.2 Å². The second-order valence-electron chi connectivity index (χ2n) is 5.52. The van der Waals surface area contributed by atoms with Crippen molar-refractivity contribution >= 4 is 17.5 Å². The van der Waals surface area contributed by atoms with Gasteiger partial charge in [0, 0.05) is 24.8 Å². The summed E-state index contributed by atoms with van der Waals surface area (Å²) in [5.74, 6) is 0.394. The number of nitrogens with one attached hydrogen (secondary N) is 1. The quantitative estimate of drug-likeness (QED) is 0.866. The van der Waals surface area contributed by atoms with Crippen LogP contribution in [0.1, 0.15) is 19.8 Å². The summed E-state index contributed by atoms with van der Waals surface area (Å²) in [6.45, 7) is 3.37. The molecule has 1 fully saturated rings. The molecule has 1 unspecified atom stereocenters. The van der Waals surface area contributed by atoms with Crippen LogP contribution in [0.5, 0.6) is 11.5 Å². The number of likely N-dealkylation sites (tertiary alicyclic amines) is 1. The van der Waals surface area contributed by atoms with E-state index in [4.69, 9.17) is 9.47 Å². The van der Waals surface area contributed by atoms with Gasteiger partial charge in [-0.05, 0) is 30.9 Å². The first-order valence-electron chi connectivity index (χ1n) is 7.37. The first-order valence-corrected chi connectivity index (χ1v) is 7.37. The second-order valence-corrected chi connectivity index (χ2v) is 5.52. The van der Waals surface area contributed by atoms with Gasteiger partial charge in [0.2, 0.25) is 0 Å². The topological polar surface area (TPSA) is 67.9 Å². The standard InChI is InChI=1S/C16H22N2O4/c1-11-5-4-8-18(10-11)16(20)15(19)17-12-6-7-13(21-2)14(9-12)22-3/h6-7,9,11H,4-5,8,10H2,1-3H3,(H,17,19). The molecule has 0 saturated carbocycles. The van der Waals surface area contributed by atoms with Gasteiger partial charge in [-0.15, -0.1) is 0 Å². The first kappa shape index (κ1) is 16.1. The van der Waals surface area contributed by atoms with Crippen LogP contribution in [-0.2, 0) is 9.59 Å². The second kappa shape index (κ2) is 7.15. The van der Waals surface area contributed by atoms with Crippen LogP contribution in [0.2, 0.25) is 0 Å². The maximum Gasteiger partial charge on any atom is 0.313 e. The maximum atomic E-state index is 12.2. The van der Waals surface area contributed by atoms with Crippen molar-refractivity contribution in [1.82, 2.24) is 4.90 Å². The van der Waals surface area contributed by atoms with Gasteiger partial charge < -0.3 is 19.7 Å². The van der Waals surface area contributed by atoms with E-state index in [-0.39, 0.29) is 0 Å². The number of piperidine rings is 1. The van der Waals surface area contributed by atoms with Crippen LogP contribution in [0.4, 0.5) is 5.69 Å². The summed E-state index contributed by atoms with van der Waals surface area (Å²) in [5, 5.41) is 2.61. The number of amides is 2. The van der Waals surface area contributed by atoms with E-state index in [9.17, 15) is 9.59 Å². The van der Waals surface area contributed by atoms with Gasteiger partial charge >= 0.3 is 11.8 Å². The van der Waals surface area contributed by atoms with Gasteiger partial charge in [0.25, 0.3) is 0 Å². The molecule has 0 aromatic heterocycles. The number of anilines is 1. The Bertz CT molecular complexity index is 559. The Morgan fingerprint density at radius 3 is 2.59 bits per heavy atom. The fourth-order valence-corrected chi connectivity index (χ4v) is 2.62. The van der Waals surface area contributed by atoms with E-state index in [0.29, 0.717) is 36.2 Å². The Labute approximate surface area is 130 Å². The molecule has 1 aromatic carbocycles. The monoisotopic (exact) mass is 306 g/mol. The number of hydrogen-bond acceptors (Lipinski definition) is 4. The first-order chi connectivity index (χ1) is 10.5. The molecular weight excluding hydrogens is 284 g/mol. The summed E-state index contributed by atoms with van der Waals surface area (Å²) in [6, 6.07) is 4.98. The normalized spacial score (nSPS) is 17.8. The summed E-state index contributed by atoms with van der Waals surface area (Å²) >= 11 is 0. The molecule has 6 heteroatoms. The zero-order valence-corrected chi connectivity index (χ0v) is 13.2. The van der Waals surface area contributed by atoms with E-state index < -0.39 is 11.8 Å². The fraction of sp³-hybridized carbons (Fsp3) is 0.500. The molecule has 1 aliphatic rings. The Morgan fingerprint density at radius 2 is 1.95 bits per heavy atom. The molecule has 1 aliphatic heterocycles. The Balaban J connectivity index is 2.03. The molecule has 1 heterocycles. The average Bonchev–Trinajstić information content (AvgIpc) is 2.53. The van der Waals surface area contributed by atoms with Crippen molar-refractivity contribution in [3.05, 3.63) is 18.2 Å². The third-order valence-electron chi connectivity index (χ3n) is 3.78. The number of methoxy groups -OCH3 is 2. The molecule has 1 N–H and O–H groups in total. The highest BCUT2D eigenvalue weighted by Gasteiger charge is 2.26. The van der Waals surface area contributed by atoms with Crippen molar-refractivity contribution < 1.29 is 19.1 Å². The average molecular weight is 306 g/mol. The molecule has 1 saturated heterocycles. The van der Waals surface area contributed by atoms with Crippen LogP contribution in [0.3, 0.4) is 0 Å². The van der Waals surface area contributed by atoms with E-state index in [0.717, 1.165) is 12.8 Å². The minimum absolute atomic E-state index is 0.437. The lowest BCUT2D eigenvalue weighted by molar-refractivity contribution is -0.144. The molecule has 6 nitrogen and oxygen atoms in total. The van der Waals surface area contributed by atoms with Gasteiger partial charge in [-0.25, -0.2) is 0 Å². The third-order valence-corrected chi connectivity index (χ3v) is 3.78. The van der Waals surface area contributed by atoms with Crippen LogP contribution in [0.15, 0.2) is 18.2 Å². The fourth-order valence-electron chi connectivity index (χ4n) is 2.62. The molecule has 2 amide bonds. The summed E-state index contributed by atoms with van der Waals surface area (Å²) in [7, 11) is 3.06. The Hall–Kier alpha value is -2.24. The minimum Gasteiger partial charge on any atom is -0.493 e. The number of ether oxygens (including phenoxy) is 2. The molecule has 0 aliphatic carbocycles. The summed E-state index contributed by atoms with van der Waals surface area (Å²) in [5.41, 5.74) is 0.501. The lowest BCUT2D eigenvalue weighted by Crippen LogP contribution is -2.44. The molecule has 1 atom stereocenters. The smallest absolute Gasteiger partial charge is 0.313 e. The highest BCUT2D eigenvalue weighted by molar-refractivity contribution is 6.39. The van der Waals surface area contributed by atoms with Crippen LogP contribution in [-0.4, -0.2) is 44.0 Å². The van der Waals surface area contributed by atoms with Crippen molar-refractivity contribution in [1.29, 1.82) is 0 Å². The largest absolute Gasteiger partial charge is 0.493 e. The molecular formula is C16H22N2O4. The molecule has 1 aromatic rings. The molecule has 22 heavy (non-hydrogen) atoms. The van der Waals surface area contributed by atoms with Crippen molar-refractivity contribution in [2.45, 2.75) is 19.8 Å². The molecule has 2 rings (SSSR count). The minimum atomic E-state index is -0.624. The number of nitrogens with zero attached hydrogens (tertiary/aromatic N) is 1. The van der Waals surface area contributed by atoms with Gasteiger partial charge in [0.1, 0.15) is 0 Å². The predicted molar refractivity (Wildman–Crippen MR) is 83.2 cm³/mol. The number of carbonyl (C=O) groups is 2.